The number of hydrogen-bond acceptors (Lipinski definition) is 4. The largest absolute Gasteiger partial charge is 0.392 e. The van der Waals surface area contributed by atoms with Gasteiger partial charge in [-0.15, -0.1) is 0 Å². The molecule has 0 aliphatic heterocycles. The average molecular weight is 402 g/mol. The van der Waals surface area contributed by atoms with Gasteiger partial charge in [0.05, 0.1) is 11.0 Å². The van der Waals surface area contributed by atoms with Crippen LogP contribution in [0.15, 0.2) is 29.2 Å². The third kappa shape index (κ3) is 14.7. The number of aryl methyl sites for hydroxylation is 1. The molecule has 0 saturated carbocycles. The summed E-state index contributed by atoms with van der Waals surface area (Å²) in [5, 5.41) is 8.24. The van der Waals surface area contributed by atoms with E-state index in [9.17, 15) is 13.0 Å². The molecule has 6 heteroatoms. The number of unbranched alkanes of at least 4 members (excludes halogenated alkanes) is 9. The fourth-order valence-corrected chi connectivity index (χ4v) is 3.52. The molecule has 1 unspecified atom stereocenters. The second kappa shape index (κ2) is 16.0. The van der Waals surface area contributed by atoms with Crippen LogP contribution in [0.1, 0.15) is 83.6 Å². The van der Waals surface area contributed by atoms with E-state index in [4.69, 9.17) is 10.8 Å². The van der Waals surface area contributed by atoms with E-state index >= 15 is 0 Å². The summed E-state index contributed by atoms with van der Waals surface area (Å²) in [7, 11) is -4.10. The summed E-state index contributed by atoms with van der Waals surface area (Å²) < 4.78 is 31.8. The van der Waals surface area contributed by atoms with Crippen molar-refractivity contribution in [3.05, 3.63) is 29.8 Å². The molecule has 0 heterocycles. The molecule has 4 N–H and O–H groups in total. The van der Waals surface area contributed by atoms with Crippen LogP contribution >= 0.6 is 0 Å². The Morgan fingerprint density at radius 2 is 1.37 bits per heavy atom. The Balaban J connectivity index is 0.00000119. The van der Waals surface area contributed by atoms with Crippen molar-refractivity contribution in [2.45, 2.75) is 95.5 Å². The highest BCUT2D eigenvalue weighted by atomic mass is 32.2. The standard InChI is InChI=1S/C18H30O3S.C3H9NO/c1-2-3-4-5-6-7-8-9-10-11-14-17-15-12-13-16-18(17)22(19,20)21;1-3(5)2-4/h12-13,15-16H,2-11,14H2,1H3,(H,19,20,21);3,5H,2,4H2,1H3. The van der Waals surface area contributed by atoms with Gasteiger partial charge in [-0.3, -0.25) is 4.55 Å². The van der Waals surface area contributed by atoms with E-state index < -0.39 is 10.1 Å². The second-order valence-corrected chi connectivity index (χ2v) is 8.49. The van der Waals surface area contributed by atoms with Crippen LogP contribution in [-0.4, -0.2) is 30.7 Å². The van der Waals surface area contributed by atoms with E-state index in [1.165, 1.54) is 57.4 Å². The van der Waals surface area contributed by atoms with Crippen molar-refractivity contribution in [1.82, 2.24) is 0 Å². The molecule has 27 heavy (non-hydrogen) atoms. The van der Waals surface area contributed by atoms with Gasteiger partial charge in [0.1, 0.15) is 0 Å². The molecular weight excluding hydrogens is 362 g/mol. The molecule has 1 atom stereocenters. The molecule has 0 aliphatic rings. The van der Waals surface area contributed by atoms with Gasteiger partial charge in [0.25, 0.3) is 10.1 Å². The summed E-state index contributed by atoms with van der Waals surface area (Å²) in [6.45, 7) is 4.25. The normalized spacial score (nSPS) is 12.3. The quantitative estimate of drug-likeness (QED) is 0.328. The van der Waals surface area contributed by atoms with Gasteiger partial charge < -0.3 is 10.8 Å². The Labute approximate surface area is 166 Å². The fourth-order valence-electron chi connectivity index (χ4n) is 2.76. The lowest BCUT2D eigenvalue weighted by Crippen LogP contribution is -2.14. The van der Waals surface area contributed by atoms with Crippen molar-refractivity contribution in [3.8, 4) is 0 Å². The van der Waals surface area contributed by atoms with Crippen molar-refractivity contribution >= 4 is 10.1 Å². The van der Waals surface area contributed by atoms with Crippen molar-refractivity contribution in [2.24, 2.45) is 5.73 Å². The molecule has 0 spiro atoms. The van der Waals surface area contributed by atoms with Crippen molar-refractivity contribution in [3.63, 3.8) is 0 Å². The maximum atomic E-state index is 11.3. The maximum absolute atomic E-state index is 11.3. The summed E-state index contributed by atoms with van der Waals surface area (Å²) in [5.41, 5.74) is 5.65. The van der Waals surface area contributed by atoms with E-state index in [0.717, 1.165) is 18.4 Å². The molecule has 1 rings (SSSR count). The summed E-state index contributed by atoms with van der Waals surface area (Å²) in [5.74, 6) is 0. The Morgan fingerprint density at radius 3 is 1.81 bits per heavy atom. The first kappa shape index (κ1) is 26.1. The maximum Gasteiger partial charge on any atom is 0.294 e. The van der Waals surface area contributed by atoms with E-state index in [0.29, 0.717) is 13.0 Å². The lowest BCUT2D eigenvalue weighted by Gasteiger charge is -2.07. The Hall–Kier alpha value is -0.950. The minimum Gasteiger partial charge on any atom is -0.392 e. The molecule has 0 aromatic heterocycles. The molecule has 1 aromatic rings. The Kier molecular flexibility index (Phi) is 15.5. The highest BCUT2D eigenvalue weighted by Crippen LogP contribution is 2.18. The number of aliphatic hydroxyl groups is 1. The first-order valence-electron chi connectivity index (χ1n) is 10.3. The number of rotatable bonds is 13. The highest BCUT2D eigenvalue weighted by molar-refractivity contribution is 7.85. The smallest absolute Gasteiger partial charge is 0.294 e. The van der Waals surface area contributed by atoms with Crippen LogP contribution in [0.4, 0.5) is 0 Å². The minimum atomic E-state index is -4.10. The average Bonchev–Trinajstić information content (AvgIpc) is 2.63. The van der Waals surface area contributed by atoms with Gasteiger partial charge in [0, 0.05) is 6.54 Å². The monoisotopic (exact) mass is 401 g/mol. The van der Waals surface area contributed by atoms with Crippen LogP contribution in [0, 0.1) is 0 Å². The molecule has 5 nitrogen and oxygen atoms in total. The topological polar surface area (TPSA) is 101 Å². The van der Waals surface area contributed by atoms with Crippen LogP contribution in [0.2, 0.25) is 0 Å². The van der Waals surface area contributed by atoms with Gasteiger partial charge in [-0.2, -0.15) is 8.42 Å². The first-order valence-corrected chi connectivity index (χ1v) is 11.7. The summed E-state index contributed by atoms with van der Waals surface area (Å²) in [6, 6.07) is 6.73. The van der Waals surface area contributed by atoms with Crippen molar-refractivity contribution < 1.29 is 18.1 Å². The molecule has 0 radical (unpaired) electrons. The molecule has 0 amide bonds. The van der Waals surface area contributed by atoms with E-state index in [1.807, 2.05) is 6.07 Å². The van der Waals surface area contributed by atoms with E-state index in [-0.39, 0.29) is 11.0 Å². The van der Waals surface area contributed by atoms with Gasteiger partial charge in [0.2, 0.25) is 0 Å². The number of aliphatic hydroxyl groups excluding tert-OH is 1. The number of hydrogen-bond donors (Lipinski definition) is 3. The van der Waals surface area contributed by atoms with Crippen LogP contribution in [-0.2, 0) is 16.5 Å². The lowest BCUT2D eigenvalue weighted by atomic mass is 10.0. The molecule has 0 aliphatic carbocycles. The van der Waals surface area contributed by atoms with Gasteiger partial charge in [-0.25, -0.2) is 0 Å². The molecule has 0 fully saturated rings. The Morgan fingerprint density at radius 1 is 0.926 bits per heavy atom. The van der Waals surface area contributed by atoms with E-state index in [2.05, 4.69) is 6.92 Å². The third-order valence-electron chi connectivity index (χ3n) is 4.39. The van der Waals surface area contributed by atoms with Crippen molar-refractivity contribution in [1.29, 1.82) is 0 Å². The zero-order valence-electron chi connectivity index (χ0n) is 17.1. The second-order valence-electron chi connectivity index (χ2n) is 7.10. The van der Waals surface area contributed by atoms with Gasteiger partial charge in [-0.1, -0.05) is 82.9 Å². The number of benzene rings is 1. The molecule has 0 saturated heterocycles. The molecule has 158 valence electrons. The van der Waals surface area contributed by atoms with Gasteiger partial charge >= 0.3 is 0 Å². The summed E-state index contributed by atoms with van der Waals surface area (Å²) in [6.07, 6.45) is 13.0. The molecular formula is C21H39NO4S. The third-order valence-corrected chi connectivity index (χ3v) is 5.35. The van der Waals surface area contributed by atoms with Crippen LogP contribution < -0.4 is 5.73 Å². The van der Waals surface area contributed by atoms with Crippen LogP contribution in [0.3, 0.4) is 0 Å². The minimum absolute atomic E-state index is 0.0610. The van der Waals surface area contributed by atoms with E-state index in [1.54, 1.807) is 19.1 Å². The first-order chi connectivity index (χ1) is 12.8. The van der Waals surface area contributed by atoms with Gasteiger partial charge in [0.15, 0.2) is 0 Å². The predicted octanol–water partition coefficient (Wildman–Crippen LogP) is 4.72. The predicted molar refractivity (Wildman–Crippen MR) is 113 cm³/mol. The zero-order chi connectivity index (χ0) is 20.5. The van der Waals surface area contributed by atoms with Crippen LogP contribution in [0.5, 0.6) is 0 Å². The Bertz CT molecular complexity index is 573. The molecule has 0 bridgehead atoms. The SMILES string of the molecule is CC(O)CN.CCCCCCCCCCCCc1ccccc1S(=O)(=O)O. The zero-order valence-corrected chi connectivity index (χ0v) is 17.9. The van der Waals surface area contributed by atoms with Crippen molar-refractivity contribution in [2.75, 3.05) is 6.54 Å². The number of nitrogens with two attached hydrogens (primary N) is 1. The summed E-state index contributed by atoms with van der Waals surface area (Å²) >= 11 is 0. The van der Waals surface area contributed by atoms with Gasteiger partial charge in [-0.05, 0) is 31.4 Å². The summed E-state index contributed by atoms with van der Waals surface area (Å²) in [4.78, 5) is 0.0610. The lowest BCUT2D eigenvalue weighted by molar-refractivity contribution is 0.203. The molecule has 1 aromatic carbocycles. The van der Waals surface area contributed by atoms with Crippen LogP contribution in [0.25, 0.3) is 0 Å². The fraction of sp³-hybridized carbons (Fsp3) is 0.714. The highest BCUT2D eigenvalue weighted by Gasteiger charge is 2.13.